The number of aliphatic hydroxyl groups excluding tert-OH is 1. The molecule has 1 nitrogen and oxygen atoms in total. The van der Waals surface area contributed by atoms with Crippen LogP contribution in [0.1, 0.15) is 59.2 Å². The third kappa shape index (κ3) is 5.13. The standard InChI is InChI=1S/C31H36OSi/c1-22-7-11-24(12-8-22)27-17-18-31(2,3)30-16-15-26(19-28(27)30)29(21-33(4,5)6)25-13-9-23(20-32)10-14-25/h7-17,19,21,32H,18,20H2,1-6H3/b29-21-. The Kier molecular flexibility index (Phi) is 6.35. The first-order valence-corrected chi connectivity index (χ1v) is 15.5. The Bertz CT molecular complexity index is 1200. The van der Waals surface area contributed by atoms with Crippen LogP contribution in [0.4, 0.5) is 0 Å². The average Bonchev–Trinajstić information content (AvgIpc) is 2.78. The third-order valence-electron chi connectivity index (χ3n) is 6.55. The van der Waals surface area contributed by atoms with Gasteiger partial charge in [0, 0.05) is 0 Å². The van der Waals surface area contributed by atoms with E-state index in [0.29, 0.717) is 0 Å². The van der Waals surface area contributed by atoms with E-state index in [4.69, 9.17) is 0 Å². The molecule has 33 heavy (non-hydrogen) atoms. The predicted molar refractivity (Wildman–Crippen MR) is 145 cm³/mol. The summed E-state index contributed by atoms with van der Waals surface area (Å²) in [7, 11) is -1.48. The van der Waals surface area contributed by atoms with Crippen molar-refractivity contribution in [1.82, 2.24) is 0 Å². The minimum atomic E-state index is -1.48. The highest BCUT2D eigenvalue weighted by Gasteiger charge is 2.29. The summed E-state index contributed by atoms with van der Waals surface area (Å²) in [6, 6.07) is 24.4. The maximum absolute atomic E-state index is 9.49. The number of fused-ring (bicyclic) bond motifs is 1. The van der Waals surface area contributed by atoms with Crippen LogP contribution in [0, 0.1) is 6.92 Å². The van der Waals surface area contributed by atoms with Crippen LogP contribution in [0.2, 0.25) is 19.6 Å². The van der Waals surface area contributed by atoms with Gasteiger partial charge in [-0.25, -0.2) is 0 Å². The Hall–Kier alpha value is -2.68. The zero-order chi connectivity index (χ0) is 23.8. The van der Waals surface area contributed by atoms with Crippen molar-refractivity contribution in [2.24, 2.45) is 0 Å². The van der Waals surface area contributed by atoms with Crippen LogP contribution < -0.4 is 0 Å². The van der Waals surface area contributed by atoms with E-state index < -0.39 is 8.07 Å². The van der Waals surface area contributed by atoms with Gasteiger partial charge in [-0.15, -0.1) is 0 Å². The van der Waals surface area contributed by atoms with Gasteiger partial charge in [-0.3, -0.25) is 0 Å². The molecule has 3 aromatic rings. The largest absolute Gasteiger partial charge is 0.392 e. The molecular formula is C31H36OSi. The first-order valence-electron chi connectivity index (χ1n) is 11.9. The minimum absolute atomic E-state index is 0.0754. The molecule has 1 N–H and O–H groups in total. The molecule has 0 saturated carbocycles. The van der Waals surface area contributed by atoms with Crippen LogP contribution in [-0.2, 0) is 12.0 Å². The predicted octanol–water partition coefficient (Wildman–Crippen LogP) is 7.91. The summed E-state index contributed by atoms with van der Waals surface area (Å²) in [4.78, 5) is 0. The minimum Gasteiger partial charge on any atom is -0.392 e. The lowest BCUT2D eigenvalue weighted by Gasteiger charge is -2.33. The highest BCUT2D eigenvalue weighted by Crippen LogP contribution is 2.43. The van der Waals surface area contributed by atoms with Crippen molar-refractivity contribution in [3.05, 3.63) is 117 Å². The zero-order valence-electron chi connectivity index (χ0n) is 20.9. The van der Waals surface area contributed by atoms with Gasteiger partial charge in [0.1, 0.15) is 0 Å². The topological polar surface area (TPSA) is 20.2 Å². The molecule has 170 valence electrons. The van der Waals surface area contributed by atoms with Gasteiger partial charge in [0.15, 0.2) is 0 Å². The summed E-state index contributed by atoms with van der Waals surface area (Å²) < 4.78 is 0. The van der Waals surface area contributed by atoms with Gasteiger partial charge in [0.05, 0.1) is 14.7 Å². The molecule has 0 bridgehead atoms. The molecule has 0 aliphatic heterocycles. The normalized spacial score (nSPS) is 15.7. The molecule has 1 aliphatic rings. The Morgan fingerprint density at radius 1 is 0.909 bits per heavy atom. The molecular weight excluding hydrogens is 416 g/mol. The fraction of sp³-hybridized carbons (Fsp3) is 0.290. The van der Waals surface area contributed by atoms with Crippen LogP contribution in [0.5, 0.6) is 0 Å². The van der Waals surface area contributed by atoms with Gasteiger partial charge in [0.25, 0.3) is 0 Å². The molecule has 0 spiro atoms. The van der Waals surface area contributed by atoms with Gasteiger partial charge >= 0.3 is 0 Å². The number of hydrogen-bond donors (Lipinski definition) is 1. The van der Waals surface area contributed by atoms with Gasteiger partial charge in [-0.2, -0.15) is 0 Å². The molecule has 0 heterocycles. The maximum Gasteiger partial charge on any atom is 0.0695 e. The first kappa shape index (κ1) is 23.5. The van der Waals surface area contributed by atoms with E-state index in [1.807, 2.05) is 12.1 Å². The molecule has 0 unspecified atom stereocenters. The number of allylic oxidation sites excluding steroid dienone is 1. The van der Waals surface area contributed by atoms with Gasteiger partial charge in [0.2, 0.25) is 0 Å². The Morgan fingerprint density at radius 3 is 2.15 bits per heavy atom. The van der Waals surface area contributed by atoms with Crippen molar-refractivity contribution in [3.63, 3.8) is 0 Å². The number of benzene rings is 3. The van der Waals surface area contributed by atoms with E-state index in [1.165, 1.54) is 44.5 Å². The third-order valence-corrected chi connectivity index (χ3v) is 7.71. The van der Waals surface area contributed by atoms with Crippen molar-refractivity contribution >= 4 is 19.2 Å². The Balaban J connectivity index is 1.89. The zero-order valence-corrected chi connectivity index (χ0v) is 21.9. The smallest absolute Gasteiger partial charge is 0.0695 e. The van der Waals surface area contributed by atoms with E-state index in [9.17, 15) is 5.11 Å². The molecule has 1 aliphatic carbocycles. The van der Waals surface area contributed by atoms with Crippen molar-refractivity contribution in [2.75, 3.05) is 0 Å². The second-order valence-corrected chi connectivity index (χ2v) is 16.1. The second kappa shape index (κ2) is 8.93. The maximum atomic E-state index is 9.49. The summed E-state index contributed by atoms with van der Waals surface area (Å²) >= 11 is 0. The van der Waals surface area contributed by atoms with Crippen molar-refractivity contribution in [3.8, 4) is 0 Å². The van der Waals surface area contributed by atoms with E-state index in [0.717, 1.165) is 12.0 Å². The van der Waals surface area contributed by atoms with Crippen molar-refractivity contribution in [2.45, 2.75) is 58.9 Å². The Labute approximate surface area is 200 Å². The van der Waals surface area contributed by atoms with Crippen LogP contribution in [0.15, 0.2) is 78.5 Å². The molecule has 2 heteroatoms. The number of aliphatic hydroxyl groups is 1. The molecule has 0 atom stereocenters. The number of rotatable bonds is 5. The van der Waals surface area contributed by atoms with Crippen LogP contribution in [0.25, 0.3) is 11.1 Å². The van der Waals surface area contributed by atoms with E-state index >= 15 is 0 Å². The van der Waals surface area contributed by atoms with Crippen LogP contribution in [0.3, 0.4) is 0 Å². The molecule has 3 aromatic carbocycles. The van der Waals surface area contributed by atoms with Gasteiger partial charge < -0.3 is 5.11 Å². The number of aryl methyl sites for hydroxylation is 1. The second-order valence-electron chi connectivity index (χ2n) is 11.1. The monoisotopic (exact) mass is 452 g/mol. The SMILES string of the molecule is Cc1ccc(C2=CCC(C)(C)c3ccc(/C(=C\[Si](C)(C)C)c4ccc(CO)cc4)cc32)cc1. The molecule has 0 fully saturated rings. The highest BCUT2D eigenvalue weighted by atomic mass is 28.3. The van der Waals surface area contributed by atoms with Gasteiger partial charge in [-0.1, -0.05) is 111 Å². The summed E-state index contributed by atoms with van der Waals surface area (Å²) in [6.45, 7) is 14.1. The number of hydrogen-bond acceptors (Lipinski definition) is 1. The van der Waals surface area contributed by atoms with Crippen molar-refractivity contribution < 1.29 is 5.11 Å². The van der Waals surface area contributed by atoms with Crippen molar-refractivity contribution in [1.29, 1.82) is 0 Å². The molecule has 0 saturated heterocycles. The fourth-order valence-electron chi connectivity index (χ4n) is 4.66. The summed E-state index contributed by atoms with van der Waals surface area (Å²) in [5, 5.41) is 9.49. The fourth-order valence-corrected chi connectivity index (χ4v) is 5.86. The molecule has 4 rings (SSSR count). The lowest BCUT2D eigenvalue weighted by molar-refractivity contribution is 0.282. The van der Waals surface area contributed by atoms with E-state index in [-0.39, 0.29) is 12.0 Å². The van der Waals surface area contributed by atoms with E-state index in [2.05, 4.69) is 107 Å². The van der Waals surface area contributed by atoms with E-state index in [1.54, 1.807) is 0 Å². The van der Waals surface area contributed by atoms with Crippen LogP contribution >= 0.6 is 0 Å². The lowest BCUT2D eigenvalue weighted by Crippen LogP contribution is -2.22. The first-order chi connectivity index (χ1) is 15.6. The van der Waals surface area contributed by atoms with Gasteiger partial charge in [-0.05, 0) is 69.4 Å². The summed E-state index contributed by atoms with van der Waals surface area (Å²) in [5.74, 6) is 0. The highest BCUT2D eigenvalue weighted by molar-refractivity contribution is 6.81. The molecule has 0 aromatic heterocycles. The van der Waals surface area contributed by atoms with Crippen LogP contribution in [-0.4, -0.2) is 13.2 Å². The average molecular weight is 453 g/mol. The molecule has 0 amide bonds. The molecule has 0 radical (unpaired) electrons. The summed E-state index contributed by atoms with van der Waals surface area (Å²) in [6.07, 6.45) is 3.47. The Morgan fingerprint density at radius 2 is 1.55 bits per heavy atom. The summed E-state index contributed by atoms with van der Waals surface area (Å²) in [5.41, 5.74) is 14.0. The quantitative estimate of drug-likeness (QED) is 0.390. The lowest BCUT2D eigenvalue weighted by atomic mass is 9.71.